The fourth-order valence-electron chi connectivity index (χ4n) is 1.88. The molecule has 144 valence electrons. The molecule has 0 heterocycles. The topological polar surface area (TPSA) is 46.6 Å². The van der Waals surface area contributed by atoms with Crippen molar-refractivity contribution in [1.82, 2.24) is 4.31 Å². The van der Waals surface area contributed by atoms with Crippen molar-refractivity contribution in [1.29, 1.82) is 0 Å². The van der Waals surface area contributed by atoms with Crippen molar-refractivity contribution >= 4 is 18.3 Å². The highest BCUT2D eigenvalue weighted by molar-refractivity contribution is 7.89. The molecule has 0 N–H and O–H groups in total. The predicted octanol–water partition coefficient (Wildman–Crippen LogP) is 4.20. The van der Waals surface area contributed by atoms with Crippen molar-refractivity contribution in [2.75, 3.05) is 19.7 Å². The van der Waals surface area contributed by atoms with Crippen LogP contribution in [0.4, 0.5) is 0 Å². The Morgan fingerprint density at radius 2 is 1.77 bits per heavy atom. The van der Waals surface area contributed by atoms with Gasteiger partial charge in [0.25, 0.3) is 0 Å². The zero-order valence-corrected chi connectivity index (χ0v) is 18.6. The third-order valence-electron chi connectivity index (χ3n) is 4.68. The Bertz CT molecular complexity index is 766. The van der Waals surface area contributed by atoms with Crippen molar-refractivity contribution < 1.29 is 12.8 Å². The minimum Gasteiger partial charge on any atom is -0.406 e. The van der Waals surface area contributed by atoms with Gasteiger partial charge in [-0.3, -0.25) is 0 Å². The minimum atomic E-state index is -3.59. The van der Waals surface area contributed by atoms with Crippen molar-refractivity contribution in [3.05, 3.63) is 42.5 Å². The van der Waals surface area contributed by atoms with Crippen molar-refractivity contribution in [3.63, 3.8) is 0 Å². The summed E-state index contributed by atoms with van der Waals surface area (Å²) in [5.74, 6) is 5.89. The fraction of sp³-hybridized carbons (Fsp3) is 0.500. The Hall–Kier alpha value is -1.39. The lowest BCUT2D eigenvalue weighted by atomic mass is 10.2. The molecule has 0 spiro atoms. The lowest BCUT2D eigenvalue weighted by Crippen LogP contribution is -2.40. The first-order valence-electron chi connectivity index (χ1n) is 8.69. The number of hydrogen-bond acceptors (Lipinski definition) is 3. The SMILES string of the molecule is C=CCN(CC#CCO[Si](C)(C)C(C)(C)C)S(=O)(=O)c1ccc(C)cc1. The molecule has 0 radical (unpaired) electrons. The van der Waals surface area contributed by atoms with Crippen LogP contribution in [0.25, 0.3) is 0 Å². The van der Waals surface area contributed by atoms with E-state index in [0.717, 1.165) is 5.56 Å². The van der Waals surface area contributed by atoms with E-state index in [2.05, 4.69) is 52.3 Å². The molecule has 0 fully saturated rings. The van der Waals surface area contributed by atoms with Gasteiger partial charge < -0.3 is 4.43 Å². The summed E-state index contributed by atoms with van der Waals surface area (Å²) in [5.41, 5.74) is 1.02. The summed E-state index contributed by atoms with van der Waals surface area (Å²) < 4.78 is 32.9. The smallest absolute Gasteiger partial charge is 0.244 e. The second-order valence-electron chi connectivity index (χ2n) is 7.80. The van der Waals surface area contributed by atoms with E-state index in [1.807, 2.05) is 6.92 Å². The molecule has 1 rings (SSSR count). The van der Waals surface area contributed by atoms with E-state index in [1.165, 1.54) is 4.31 Å². The van der Waals surface area contributed by atoms with Crippen LogP contribution in [0.2, 0.25) is 18.1 Å². The second kappa shape index (κ2) is 9.00. The summed E-state index contributed by atoms with van der Waals surface area (Å²) in [6.45, 7) is 17.1. The number of nitrogens with zero attached hydrogens (tertiary/aromatic N) is 1. The van der Waals surface area contributed by atoms with Gasteiger partial charge in [0.05, 0.1) is 18.0 Å². The molecule has 0 saturated heterocycles. The van der Waals surface area contributed by atoms with E-state index in [4.69, 9.17) is 4.43 Å². The Balaban J connectivity index is 2.81. The first-order chi connectivity index (χ1) is 11.9. The monoisotopic (exact) mass is 393 g/mol. The number of benzene rings is 1. The average molecular weight is 394 g/mol. The van der Waals surface area contributed by atoms with Gasteiger partial charge in [0.2, 0.25) is 10.0 Å². The Morgan fingerprint density at radius 1 is 1.19 bits per heavy atom. The summed E-state index contributed by atoms with van der Waals surface area (Å²) in [6.07, 6.45) is 1.57. The van der Waals surface area contributed by atoms with Crippen LogP contribution in [0, 0.1) is 18.8 Å². The van der Waals surface area contributed by atoms with Crippen LogP contribution in [0.5, 0.6) is 0 Å². The van der Waals surface area contributed by atoms with E-state index >= 15 is 0 Å². The molecule has 0 aliphatic carbocycles. The largest absolute Gasteiger partial charge is 0.406 e. The van der Waals surface area contributed by atoms with Gasteiger partial charge in [0.15, 0.2) is 8.32 Å². The van der Waals surface area contributed by atoms with Gasteiger partial charge in [0, 0.05) is 6.54 Å². The molecule has 0 atom stereocenters. The summed E-state index contributed by atoms with van der Waals surface area (Å²) in [4.78, 5) is 0.268. The van der Waals surface area contributed by atoms with Crippen molar-refractivity contribution in [2.24, 2.45) is 0 Å². The van der Waals surface area contributed by atoms with Crippen molar-refractivity contribution in [2.45, 2.75) is 50.7 Å². The van der Waals surface area contributed by atoms with Gasteiger partial charge in [-0.25, -0.2) is 8.42 Å². The highest BCUT2D eigenvalue weighted by Gasteiger charge is 2.36. The average Bonchev–Trinajstić information content (AvgIpc) is 2.52. The molecular formula is C20H31NO3SSi. The van der Waals surface area contributed by atoms with Gasteiger partial charge in [-0.05, 0) is 37.2 Å². The summed E-state index contributed by atoms with van der Waals surface area (Å²) in [7, 11) is -5.43. The molecule has 1 aromatic carbocycles. The Kier molecular flexibility index (Phi) is 7.84. The Morgan fingerprint density at radius 3 is 2.27 bits per heavy atom. The standard InChI is InChI=1S/C20H31NO3SSi/c1-8-15-21(25(22,23)19-13-11-18(2)12-14-19)16-9-10-17-24-26(6,7)20(3,4)5/h8,11-14H,1,15-17H2,2-7H3. The Labute approximate surface area is 160 Å². The number of rotatable bonds is 7. The van der Waals surface area contributed by atoms with Crippen molar-refractivity contribution in [3.8, 4) is 11.8 Å². The first kappa shape index (κ1) is 22.6. The molecule has 0 unspecified atom stereocenters. The van der Waals surface area contributed by atoms with Gasteiger partial charge in [-0.2, -0.15) is 4.31 Å². The maximum Gasteiger partial charge on any atom is 0.244 e. The van der Waals surface area contributed by atoms with E-state index in [0.29, 0.717) is 6.61 Å². The number of hydrogen-bond donors (Lipinski definition) is 0. The molecule has 6 heteroatoms. The van der Waals surface area contributed by atoms with E-state index < -0.39 is 18.3 Å². The summed E-state index contributed by atoms with van der Waals surface area (Å²) in [6, 6.07) is 6.82. The minimum absolute atomic E-state index is 0.114. The zero-order valence-electron chi connectivity index (χ0n) is 16.8. The predicted molar refractivity (Wildman–Crippen MR) is 111 cm³/mol. The molecule has 0 amide bonds. The maximum absolute atomic E-state index is 12.8. The molecule has 0 aromatic heterocycles. The number of aryl methyl sites for hydroxylation is 1. The second-order valence-corrected chi connectivity index (χ2v) is 14.5. The van der Waals surface area contributed by atoms with Crippen LogP contribution in [0.3, 0.4) is 0 Å². The molecule has 0 saturated carbocycles. The first-order valence-corrected chi connectivity index (χ1v) is 13.0. The highest BCUT2D eigenvalue weighted by atomic mass is 32.2. The van der Waals surface area contributed by atoms with Crippen LogP contribution >= 0.6 is 0 Å². The van der Waals surface area contributed by atoms with Gasteiger partial charge in [-0.1, -0.05) is 56.4 Å². The molecule has 0 bridgehead atoms. The summed E-state index contributed by atoms with van der Waals surface area (Å²) in [5, 5.41) is 0.123. The van der Waals surface area contributed by atoms with Gasteiger partial charge in [-0.15, -0.1) is 6.58 Å². The number of sulfonamides is 1. The van der Waals surface area contributed by atoms with E-state index in [1.54, 1.807) is 30.3 Å². The summed E-state index contributed by atoms with van der Waals surface area (Å²) >= 11 is 0. The normalized spacial score (nSPS) is 12.6. The zero-order chi connectivity index (χ0) is 20.0. The third kappa shape index (κ3) is 6.10. The van der Waals surface area contributed by atoms with Crippen LogP contribution in [-0.2, 0) is 14.4 Å². The molecule has 0 aliphatic heterocycles. The third-order valence-corrected chi connectivity index (χ3v) is 11.0. The van der Waals surface area contributed by atoms with Gasteiger partial charge in [0.1, 0.15) is 0 Å². The van der Waals surface area contributed by atoms with E-state index in [9.17, 15) is 8.42 Å². The molecule has 1 aromatic rings. The highest BCUT2D eigenvalue weighted by Crippen LogP contribution is 2.36. The molecule has 0 aliphatic rings. The molecule has 4 nitrogen and oxygen atoms in total. The lowest BCUT2D eigenvalue weighted by molar-refractivity contribution is 0.334. The fourth-order valence-corrected chi connectivity index (χ4v) is 4.06. The lowest BCUT2D eigenvalue weighted by Gasteiger charge is -2.35. The maximum atomic E-state index is 12.8. The van der Waals surface area contributed by atoms with E-state index in [-0.39, 0.29) is 23.0 Å². The van der Waals surface area contributed by atoms with Crippen LogP contribution in [-0.4, -0.2) is 40.7 Å². The quantitative estimate of drug-likeness (QED) is 0.396. The van der Waals surface area contributed by atoms with Gasteiger partial charge >= 0.3 is 0 Å². The van der Waals surface area contributed by atoms with Crippen LogP contribution in [0.1, 0.15) is 26.3 Å². The van der Waals surface area contributed by atoms with Crippen LogP contribution < -0.4 is 0 Å². The van der Waals surface area contributed by atoms with Crippen LogP contribution in [0.15, 0.2) is 41.8 Å². The molecular weight excluding hydrogens is 362 g/mol. The molecule has 26 heavy (non-hydrogen) atoms.